The number of fused-ring (bicyclic) bond motifs is 1. The van der Waals surface area contributed by atoms with Gasteiger partial charge in [-0.25, -0.2) is 4.52 Å². The standard InChI is InChI=1S/C20H17N5O/c1-13-17(15-9-5-3-6-10-15)19-23-22-18(14(2)25(19)24-13)20(26)21-16-11-7-4-8-12-16/h3-12H,1-2H3,(H,21,26). The fourth-order valence-electron chi connectivity index (χ4n) is 2.98. The van der Waals surface area contributed by atoms with E-state index in [-0.39, 0.29) is 11.6 Å². The van der Waals surface area contributed by atoms with Crippen LogP contribution in [0.3, 0.4) is 0 Å². The largest absolute Gasteiger partial charge is 0.321 e. The zero-order valence-corrected chi connectivity index (χ0v) is 14.5. The Morgan fingerprint density at radius 2 is 1.58 bits per heavy atom. The van der Waals surface area contributed by atoms with Crippen LogP contribution in [0, 0.1) is 13.8 Å². The van der Waals surface area contributed by atoms with E-state index < -0.39 is 0 Å². The van der Waals surface area contributed by atoms with E-state index in [9.17, 15) is 4.79 Å². The summed E-state index contributed by atoms with van der Waals surface area (Å²) in [5.41, 5.74) is 5.04. The molecule has 0 aliphatic rings. The van der Waals surface area contributed by atoms with Gasteiger partial charge in [-0.05, 0) is 31.5 Å². The maximum atomic E-state index is 12.6. The van der Waals surface area contributed by atoms with Gasteiger partial charge in [-0.1, -0.05) is 48.5 Å². The highest BCUT2D eigenvalue weighted by Gasteiger charge is 2.20. The molecule has 0 radical (unpaired) electrons. The molecule has 0 saturated carbocycles. The fourth-order valence-corrected chi connectivity index (χ4v) is 2.98. The predicted molar refractivity (Wildman–Crippen MR) is 100 cm³/mol. The number of aromatic nitrogens is 4. The summed E-state index contributed by atoms with van der Waals surface area (Å²) in [5, 5.41) is 15.9. The number of para-hydroxylation sites is 1. The van der Waals surface area contributed by atoms with Crippen LogP contribution in [0.25, 0.3) is 16.8 Å². The van der Waals surface area contributed by atoms with Crippen molar-refractivity contribution >= 4 is 17.2 Å². The van der Waals surface area contributed by atoms with Gasteiger partial charge in [0.15, 0.2) is 11.3 Å². The summed E-state index contributed by atoms with van der Waals surface area (Å²) in [6.45, 7) is 3.75. The Hall–Kier alpha value is -3.54. The van der Waals surface area contributed by atoms with Gasteiger partial charge in [-0.2, -0.15) is 5.10 Å². The Kier molecular flexibility index (Phi) is 3.93. The molecule has 2 heterocycles. The van der Waals surface area contributed by atoms with Crippen LogP contribution in [-0.2, 0) is 0 Å². The minimum atomic E-state index is -0.308. The highest BCUT2D eigenvalue weighted by Crippen LogP contribution is 2.27. The molecule has 4 rings (SSSR count). The van der Waals surface area contributed by atoms with Gasteiger partial charge >= 0.3 is 0 Å². The summed E-state index contributed by atoms with van der Waals surface area (Å²) in [6, 6.07) is 19.2. The monoisotopic (exact) mass is 343 g/mol. The van der Waals surface area contributed by atoms with Crippen molar-refractivity contribution in [2.24, 2.45) is 0 Å². The first-order valence-corrected chi connectivity index (χ1v) is 8.29. The van der Waals surface area contributed by atoms with E-state index in [4.69, 9.17) is 0 Å². The Morgan fingerprint density at radius 1 is 0.923 bits per heavy atom. The van der Waals surface area contributed by atoms with E-state index in [2.05, 4.69) is 20.6 Å². The molecule has 128 valence electrons. The molecule has 0 saturated heterocycles. The molecule has 0 bridgehead atoms. The van der Waals surface area contributed by atoms with Crippen molar-refractivity contribution in [3.63, 3.8) is 0 Å². The van der Waals surface area contributed by atoms with Crippen molar-refractivity contribution in [2.75, 3.05) is 5.32 Å². The van der Waals surface area contributed by atoms with Gasteiger partial charge in [0.1, 0.15) is 0 Å². The molecule has 0 spiro atoms. The van der Waals surface area contributed by atoms with Crippen LogP contribution in [0.4, 0.5) is 5.69 Å². The molecular formula is C20H17N5O. The third kappa shape index (κ3) is 2.71. The number of anilines is 1. The van der Waals surface area contributed by atoms with Crippen LogP contribution < -0.4 is 5.32 Å². The summed E-state index contributed by atoms with van der Waals surface area (Å²) in [4.78, 5) is 12.6. The van der Waals surface area contributed by atoms with Crippen molar-refractivity contribution in [2.45, 2.75) is 13.8 Å². The number of benzene rings is 2. The molecule has 6 heteroatoms. The van der Waals surface area contributed by atoms with Crippen molar-refractivity contribution in [1.82, 2.24) is 19.8 Å². The summed E-state index contributed by atoms with van der Waals surface area (Å²) < 4.78 is 1.69. The summed E-state index contributed by atoms with van der Waals surface area (Å²) in [5.74, 6) is -0.308. The number of aryl methyl sites for hydroxylation is 2. The lowest BCUT2D eigenvalue weighted by Gasteiger charge is -2.07. The van der Waals surface area contributed by atoms with Crippen LogP contribution in [-0.4, -0.2) is 25.7 Å². The number of nitrogens with zero attached hydrogens (tertiary/aromatic N) is 4. The second-order valence-electron chi connectivity index (χ2n) is 6.02. The van der Waals surface area contributed by atoms with Crippen molar-refractivity contribution in [3.8, 4) is 11.1 Å². The van der Waals surface area contributed by atoms with E-state index in [1.54, 1.807) is 4.52 Å². The van der Waals surface area contributed by atoms with Gasteiger partial charge < -0.3 is 5.32 Å². The van der Waals surface area contributed by atoms with Crippen LogP contribution in [0.15, 0.2) is 60.7 Å². The number of hydrogen-bond donors (Lipinski definition) is 1. The van der Waals surface area contributed by atoms with Gasteiger partial charge in [0.05, 0.1) is 17.0 Å². The first-order chi connectivity index (χ1) is 12.6. The number of nitrogens with one attached hydrogen (secondary N) is 1. The topological polar surface area (TPSA) is 72.2 Å². The molecule has 2 aromatic heterocycles. The van der Waals surface area contributed by atoms with Gasteiger partial charge in [0.2, 0.25) is 0 Å². The van der Waals surface area contributed by atoms with Crippen LogP contribution in [0.5, 0.6) is 0 Å². The molecule has 0 atom stereocenters. The molecule has 0 unspecified atom stereocenters. The molecule has 4 aromatic rings. The third-order valence-corrected chi connectivity index (χ3v) is 4.25. The highest BCUT2D eigenvalue weighted by molar-refractivity contribution is 6.03. The van der Waals surface area contributed by atoms with E-state index >= 15 is 0 Å². The fraction of sp³-hybridized carbons (Fsp3) is 0.100. The number of carbonyl (C=O) groups is 1. The Bertz CT molecular complexity index is 1090. The lowest BCUT2D eigenvalue weighted by atomic mass is 10.1. The lowest BCUT2D eigenvalue weighted by molar-refractivity contribution is 0.102. The molecular weight excluding hydrogens is 326 g/mol. The molecule has 0 aliphatic carbocycles. The van der Waals surface area contributed by atoms with Gasteiger partial charge in [0, 0.05) is 5.69 Å². The highest BCUT2D eigenvalue weighted by atomic mass is 16.2. The van der Waals surface area contributed by atoms with Crippen molar-refractivity contribution < 1.29 is 4.79 Å². The first-order valence-electron chi connectivity index (χ1n) is 8.29. The smallest absolute Gasteiger partial charge is 0.278 e. The number of hydrogen-bond acceptors (Lipinski definition) is 4. The number of amides is 1. The average Bonchev–Trinajstić information content (AvgIpc) is 3.00. The molecule has 1 amide bonds. The van der Waals surface area contributed by atoms with Crippen LogP contribution >= 0.6 is 0 Å². The molecule has 0 aliphatic heterocycles. The quantitative estimate of drug-likeness (QED) is 0.616. The maximum Gasteiger partial charge on any atom is 0.278 e. The summed E-state index contributed by atoms with van der Waals surface area (Å²) in [7, 11) is 0. The van der Waals surface area contributed by atoms with Gasteiger partial charge in [-0.3, -0.25) is 4.79 Å². The van der Waals surface area contributed by atoms with E-state index in [1.807, 2.05) is 74.5 Å². The Labute approximate surface area is 150 Å². The minimum Gasteiger partial charge on any atom is -0.321 e. The molecule has 2 aromatic carbocycles. The van der Waals surface area contributed by atoms with E-state index in [1.165, 1.54) is 0 Å². The zero-order valence-electron chi connectivity index (χ0n) is 14.5. The molecule has 0 fully saturated rings. The lowest BCUT2D eigenvalue weighted by Crippen LogP contribution is -2.18. The molecule has 1 N–H and O–H groups in total. The van der Waals surface area contributed by atoms with Crippen LogP contribution in [0.1, 0.15) is 21.9 Å². The maximum absolute atomic E-state index is 12.6. The first kappa shape index (κ1) is 16.0. The Morgan fingerprint density at radius 3 is 2.27 bits per heavy atom. The predicted octanol–water partition coefficient (Wildman–Crippen LogP) is 3.66. The second-order valence-corrected chi connectivity index (χ2v) is 6.02. The molecule has 6 nitrogen and oxygen atoms in total. The summed E-state index contributed by atoms with van der Waals surface area (Å²) in [6.07, 6.45) is 0. The number of rotatable bonds is 3. The number of carbonyl (C=O) groups excluding carboxylic acids is 1. The third-order valence-electron chi connectivity index (χ3n) is 4.25. The Balaban J connectivity index is 1.78. The molecule has 26 heavy (non-hydrogen) atoms. The average molecular weight is 343 g/mol. The summed E-state index contributed by atoms with van der Waals surface area (Å²) >= 11 is 0. The SMILES string of the molecule is Cc1nn2c(C)c(C(=O)Nc3ccccc3)nnc2c1-c1ccccc1. The van der Waals surface area contributed by atoms with Gasteiger partial charge in [-0.15, -0.1) is 10.2 Å². The second kappa shape index (κ2) is 6.40. The zero-order chi connectivity index (χ0) is 18.1. The van der Waals surface area contributed by atoms with Gasteiger partial charge in [0.25, 0.3) is 5.91 Å². The van der Waals surface area contributed by atoms with Crippen molar-refractivity contribution in [1.29, 1.82) is 0 Å². The minimum absolute atomic E-state index is 0.253. The van der Waals surface area contributed by atoms with E-state index in [0.717, 1.165) is 16.8 Å². The van der Waals surface area contributed by atoms with E-state index in [0.29, 0.717) is 17.0 Å². The normalized spacial score (nSPS) is 10.8. The van der Waals surface area contributed by atoms with Crippen LogP contribution in [0.2, 0.25) is 0 Å². The van der Waals surface area contributed by atoms with Crippen molar-refractivity contribution in [3.05, 3.63) is 77.7 Å².